The molecular weight excluding hydrogens is 1010 g/mol. The summed E-state index contributed by atoms with van der Waals surface area (Å²) >= 11 is 14.7. The fraction of sp³-hybridized carbons (Fsp3) is 0.400. The maximum absolute atomic E-state index is 14.4. The molecule has 4 heterocycles. The second-order valence-corrected chi connectivity index (χ2v) is 20.7. The summed E-state index contributed by atoms with van der Waals surface area (Å²) in [5, 5.41) is 17.7. The summed E-state index contributed by atoms with van der Waals surface area (Å²) in [6, 6.07) is 20.5. The molecule has 70 heavy (non-hydrogen) atoms. The normalized spacial score (nSPS) is 20.3. The Morgan fingerprint density at radius 3 is 1.93 bits per heavy atom. The van der Waals surface area contributed by atoms with Gasteiger partial charge in [-0.25, -0.2) is 28.7 Å². The van der Waals surface area contributed by atoms with E-state index < -0.39 is 34.0 Å². The van der Waals surface area contributed by atoms with Crippen molar-refractivity contribution in [3.63, 3.8) is 0 Å². The molecule has 0 atom stereocenters. The highest BCUT2D eigenvalue weighted by atomic mass is 35.5. The number of nitrogens with zero attached hydrogens (tertiary/aromatic N) is 5. The van der Waals surface area contributed by atoms with Gasteiger partial charge >= 0.3 is 11.9 Å². The molecule has 2 saturated carbocycles. The molecule has 20 heteroatoms. The second kappa shape index (κ2) is 24.3. The predicted molar refractivity (Wildman–Crippen MR) is 270 cm³/mol. The van der Waals surface area contributed by atoms with E-state index in [-0.39, 0.29) is 52.1 Å². The number of aromatic nitrogens is 4. The fourth-order valence-corrected chi connectivity index (χ4v) is 10.0. The molecule has 6 aromatic rings. The van der Waals surface area contributed by atoms with Gasteiger partial charge in [-0.1, -0.05) is 47.5 Å². The van der Waals surface area contributed by atoms with E-state index in [4.69, 9.17) is 47.1 Å². The van der Waals surface area contributed by atoms with E-state index >= 15 is 0 Å². The van der Waals surface area contributed by atoms with Crippen molar-refractivity contribution in [2.45, 2.75) is 110 Å². The SMILES string of the molecule is COCn1ccsc1=Nc1cccc(CC2(C(=O)OC(C)(C)C)CCC(Oc3cccc(Cl)c3F)CC2)n1.Cl.O=C(O)C1(Cc2cccc(Nc3nccs3)n2)CCC(Oc2cccc(Cl)c2F)CC1. The molecule has 0 radical (unpaired) electrons. The highest BCUT2D eigenvalue weighted by Gasteiger charge is 2.46. The Balaban J connectivity index is 0.000000231. The summed E-state index contributed by atoms with van der Waals surface area (Å²) in [5.41, 5.74) is -0.874. The molecule has 374 valence electrons. The van der Waals surface area contributed by atoms with Gasteiger partial charge in [0.05, 0.1) is 33.1 Å². The lowest BCUT2D eigenvalue weighted by atomic mass is 9.70. The number of ether oxygens (including phenoxy) is 4. The fourth-order valence-electron chi connectivity index (χ4n) is 8.42. The van der Waals surface area contributed by atoms with Crippen LogP contribution in [0.1, 0.15) is 83.5 Å². The molecule has 2 aromatic carbocycles. The molecule has 4 aromatic heterocycles. The third-order valence-electron chi connectivity index (χ3n) is 11.9. The van der Waals surface area contributed by atoms with Crippen LogP contribution in [0.5, 0.6) is 11.5 Å². The molecule has 2 N–H and O–H groups in total. The number of aliphatic carboxylic acids is 1. The number of hydrogen-bond acceptors (Lipinski definition) is 13. The van der Waals surface area contributed by atoms with Crippen molar-refractivity contribution in [1.82, 2.24) is 19.5 Å². The van der Waals surface area contributed by atoms with Gasteiger partial charge in [0.25, 0.3) is 0 Å². The summed E-state index contributed by atoms with van der Waals surface area (Å²) in [6.07, 6.45) is 7.88. The Morgan fingerprint density at radius 1 is 0.814 bits per heavy atom. The van der Waals surface area contributed by atoms with Gasteiger partial charge in [0, 0.05) is 54.5 Å². The molecule has 0 amide bonds. The van der Waals surface area contributed by atoms with E-state index in [0.29, 0.717) is 88.3 Å². The number of carboxylic acids is 1. The number of carbonyl (C=O) groups excluding carboxylic acids is 1. The zero-order valence-electron chi connectivity index (χ0n) is 39.0. The number of carboxylic acid groups (broad SMARTS) is 1. The molecule has 0 aliphatic heterocycles. The molecule has 0 spiro atoms. The third-order valence-corrected chi connectivity index (χ3v) is 14.0. The minimum Gasteiger partial charge on any atom is -0.487 e. The largest absolute Gasteiger partial charge is 0.487 e. The number of rotatable bonds is 15. The van der Waals surface area contributed by atoms with Crippen LogP contribution in [-0.2, 0) is 38.6 Å². The number of methoxy groups -OCH3 is 1. The topological polar surface area (TPSA) is 159 Å². The van der Waals surface area contributed by atoms with Crippen LogP contribution in [0.15, 0.2) is 101 Å². The summed E-state index contributed by atoms with van der Waals surface area (Å²) < 4.78 is 53.3. The Labute approximate surface area is 429 Å². The molecular formula is C50H55Cl3F2N6O7S2. The van der Waals surface area contributed by atoms with Crippen LogP contribution in [-0.4, -0.2) is 61.5 Å². The van der Waals surface area contributed by atoms with Gasteiger partial charge in [0.15, 0.2) is 38.9 Å². The summed E-state index contributed by atoms with van der Waals surface area (Å²) in [6.45, 7) is 5.99. The number of carbonyl (C=O) groups is 2. The Kier molecular flexibility index (Phi) is 18.8. The van der Waals surface area contributed by atoms with E-state index in [0.717, 1.165) is 15.6 Å². The van der Waals surface area contributed by atoms with Crippen LogP contribution in [0.25, 0.3) is 0 Å². The number of benzene rings is 2. The molecule has 2 fully saturated rings. The minimum atomic E-state index is -0.931. The van der Waals surface area contributed by atoms with E-state index in [9.17, 15) is 23.5 Å². The molecule has 0 saturated heterocycles. The van der Waals surface area contributed by atoms with Gasteiger partial charge in [-0.3, -0.25) is 14.2 Å². The van der Waals surface area contributed by atoms with Gasteiger partial charge < -0.3 is 29.4 Å². The first kappa shape index (κ1) is 54.2. The lowest BCUT2D eigenvalue weighted by molar-refractivity contribution is -0.171. The van der Waals surface area contributed by atoms with E-state index in [1.165, 1.54) is 40.9 Å². The number of hydrogen-bond donors (Lipinski definition) is 2. The zero-order valence-corrected chi connectivity index (χ0v) is 43.0. The first-order valence-corrected chi connectivity index (χ1v) is 25.0. The van der Waals surface area contributed by atoms with Gasteiger partial charge in [-0.2, -0.15) is 0 Å². The van der Waals surface area contributed by atoms with Crippen molar-refractivity contribution >= 4 is 87.0 Å². The van der Waals surface area contributed by atoms with E-state index in [2.05, 4.69) is 20.3 Å². The Morgan fingerprint density at radius 2 is 1.37 bits per heavy atom. The summed E-state index contributed by atoms with van der Waals surface area (Å²) in [7, 11) is 1.63. The van der Waals surface area contributed by atoms with Crippen molar-refractivity contribution in [3.8, 4) is 11.5 Å². The smallest absolute Gasteiger partial charge is 0.312 e. The lowest BCUT2D eigenvalue weighted by Crippen LogP contribution is -2.44. The van der Waals surface area contributed by atoms with Crippen LogP contribution in [0.4, 0.5) is 25.5 Å². The number of esters is 1. The average molecular weight is 1060 g/mol. The van der Waals surface area contributed by atoms with Gasteiger partial charge in [-0.05, 0) is 121 Å². The standard InChI is InChI=1S/C28H33ClFN3O4S.C22H21ClFN3O3S.ClH/c1-27(2,3)37-25(34)28(13-11-20(12-14-28)36-22-9-6-8-21(29)24(22)30)17-19-7-5-10-23(31-19)32-26-33(18-35-4)15-16-38-26;23-16-4-2-5-17(19(16)24)30-15-7-9-22(10-8-15,20(28)29)13-14-3-1-6-18(26-14)27-21-25-11-12-31-21;/h5-10,15-16,20H,11-14,17-18H2,1-4H3;1-6,11-12,15H,7-10,13H2,(H,28,29)(H,25,26,27);1H. The molecule has 2 aliphatic rings. The highest BCUT2D eigenvalue weighted by molar-refractivity contribution is 7.13. The quantitative estimate of drug-likeness (QED) is 0.0943. The zero-order chi connectivity index (χ0) is 49.2. The number of halogens is 5. The lowest BCUT2D eigenvalue weighted by Gasteiger charge is -2.39. The van der Waals surface area contributed by atoms with Gasteiger partial charge in [-0.15, -0.1) is 35.1 Å². The highest BCUT2D eigenvalue weighted by Crippen LogP contribution is 2.44. The van der Waals surface area contributed by atoms with Crippen LogP contribution in [0.2, 0.25) is 10.0 Å². The maximum atomic E-state index is 14.4. The van der Waals surface area contributed by atoms with Crippen molar-refractivity contribution in [2.75, 3.05) is 12.4 Å². The molecule has 0 bridgehead atoms. The van der Waals surface area contributed by atoms with E-state index in [1.807, 2.05) is 78.7 Å². The van der Waals surface area contributed by atoms with Crippen molar-refractivity contribution in [3.05, 3.63) is 134 Å². The Bertz CT molecular complexity index is 2760. The molecule has 8 rings (SSSR count). The third kappa shape index (κ3) is 14.3. The molecule has 13 nitrogen and oxygen atoms in total. The first-order chi connectivity index (χ1) is 33.0. The summed E-state index contributed by atoms with van der Waals surface area (Å²) in [5.74, 6) is -0.847. The number of anilines is 2. The van der Waals surface area contributed by atoms with Gasteiger partial charge in [0.1, 0.15) is 18.1 Å². The number of nitrogens with one attached hydrogen (secondary N) is 1. The molecule has 2 aliphatic carbocycles. The van der Waals surface area contributed by atoms with Gasteiger partial charge in [0.2, 0.25) is 0 Å². The average Bonchev–Trinajstić information content (AvgIpc) is 4.00. The molecule has 0 unspecified atom stereocenters. The number of thiazole rings is 2. The van der Waals surface area contributed by atoms with Crippen molar-refractivity contribution in [2.24, 2.45) is 15.8 Å². The second-order valence-electron chi connectivity index (χ2n) is 18.1. The van der Waals surface area contributed by atoms with Crippen LogP contribution in [0.3, 0.4) is 0 Å². The number of pyridine rings is 2. The van der Waals surface area contributed by atoms with E-state index in [1.54, 1.807) is 31.5 Å². The first-order valence-electron chi connectivity index (χ1n) is 22.5. The monoisotopic (exact) mass is 1060 g/mol. The Hall–Kier alpha value is -5.17. The van der Waals surface area contributed by atoms with Crippen molar-refractivity contribution < 1.29 is 42.4 Å². The van der Waals surface area contributed by atoms with Crippen LogP contribution in [0, 0.1) is 22.5 Å². The van der Waals surface area contributed by atoms with Crippen molar-refractivity contribution in [1.29, 1.82) is 0 Å². The predicted octanol–water partition coefficient (Wildman–Crippen LogP) is 12.6. The minimum absolute atomic E-state index is 0. The maximum Gasteiger partial charge on any atom is 0.312 e. The summed E-state index contributed by atoms with van der Waals surface area (Å²) in [4.78, 5) is 44.7. The van der Waals surface area contributed by atoms with Crippen LogP contribution < -0.4 is 19.6 Å². The van der Waals surface area contributed by atoms with Crippen LogP contribution >= 0.6 is 58.3 Å².